The number of carbonyl (C=O) groups is 1. The highest BCUT2D eigenvalue weighted by Gasteiger charge is 2.31. The molecular formula is C16H24N2OS. The molecule has 4 heteroatoms. The number of benzene rings is 1. The van der Waals surface area contributed by atoms with Gasteiger partial charge in [0, 0.05) is 12.6 Å². The molecule has 0 radical (unpaired) electrons. The average Bonchev–Trinajstić information content (AvgIpc) is 2.93. The first kappa shape index (κ1) is 15.4. The summed E-state index contributed by atoms with van der Waals surface area (Å²) in [6.45, 7) is 0.864. The van der Waals surface area contributed by atoms with Gasteiger partial charge in [-0.1, -0.05) is 30.3 Å². The molecular weight excluding hydrogens is 268 g/mol. The lowest BCUT2D eigenvalue weighted by Gasteiger charge is -2.27. The summed E-state index contributed by atoms with van der Waals surface area (Å²) in [5.41, 5.74) is 7.33. The van der Waals surface area contributed by atoms with E-state index >= 15 is 0 Å². The maximum absolute atomic E-state index is 12.4. The molecule has 1 aromatic rings. The second-order valence-electron chi connectivity index (χ2n) is 5.41. The molecule has 1 aliphatic rings. The zero-order valence-corrected chi connectivity index (χ0v) is 12.9. The van der Waals surface area contributed by atoms with Crippen LogP contribution in [0.15, 0.2) is 30.3 Å². The highest BCUT2D eigenvalue weighted by molar-refractivity contribution is 7.98. The van der Waals surface area contributed by atoms with Crippen molar-refractivity contribution in [1.29, 1.82) is 0 Å². The van der Waals surface area contributed by atoms with Gasteiger partial charge in [0.05, 0.1) is 6.04 Å². The third kappa shape index (κ3) is 4.00. The lowest BCUT2D eigenvalue weighted by Crippen LogP contribution is -2.46. The van der Waals surface area contributed by atoms with Gasteiger partial charge >= 0.3 is 0 Å². The Balaban J connectivity index is 1.94. The molecule has 1 saturated heterocycles. The van der Waals surface area contributed by atoms with Gasteiger partial charge in [-0.05, 0) is 43.3 Å². The monoisotopic (exact) mass is 292 g/mol. The fourth-order valence-electron chi connectivity index (χ4n) is 2.81. The quantitative estimate of drug-likeness (QED) is 0.875. The molecule has 0 aliphatic carbocycles. The molecule has 0 spiro atoms. The van der Waals surface area contributed by atoms with E-state index in [1.807, 2.05) is 17.2 Å². The molecule has 0 aromatic heterocycles. The molecule has 1 fully saturated rings. The lowest BCUT2D eigenvalue weighted by atomic mass is 10.0. The van der Waals surface area contributed by atoms with Crippen molar-refractivity contribution in [3.05, 3.63) is 35.9 Å². The summed E-state index contributed by atoms with van der Waals surface area (Å²) in [6.07, 6.45) is 5.95. The zero-order valence-electron chi connectivity index (χ0n) is 12.1. The molecule has 1 aliphatic heterocycles. The SMILES string of the molecule is CSCC[C@H](N)C(=O)N1CCCC1Cc1ccccc1. The van der Waals surface area contributed by atoms with Gasteiger partial charge in [0.2, 0.25) is 5.91 Å². The molecule has 1 aromatic carbocycles. The van der Waals surface area contributed by atoms with Gasteiger partial charge in [-0.15, -0.1) is 0 Å². The van der Waals surface area contributed by atoms with Gasteiger partial charge in [0.15, 0.2) is 0 Å². The Kier molecular flexibility index (Phi) is 5.92. The van der Waals surface area contributed by atoms with E-state index in [0.29, 0.717) is 6.04 Å². The Morgan fingerprint density at radius 3 is 2.90 bits per heavy atom. The highest BCUT2D eigenvalue weighted by Crippen LogP contribution is 2.22. The van der Waals surface area contributed by atoms with Crippen LogP contribution >= 0.6 is 11.8 Å². The number of nitrogens with two attached hydrogens (primary N) is 1. The lowest BCUT2D eigenvalue weighted by molar-refractivity contribution is -0.133. The Bertz CT molecular complexity index is 424. The van der Waals surface area contributed by atoms with Gasteiger partial charge in [-0.2, -0.15) is 11.8 Å². The van der Waals surface area contributed by atoms with Crippen LogP contribution in [-0.4, -0.2) is 41.4 Å². The van der Waals surface area contributed by atoms with E-state index in [4.69, 9.17) is 5.73 Å². The normalized spacial score (nSPS) is 20.1. The van der Waals surface area contributed by atoms with Crippen LogP contribution < -0.4 is 5.73 Å². The minimum Gasteiger partial charge on any atom is -0.338 e. The number of thioether (sulfide) groups is 1. The van der Waals surface area contributed by atoms with E-state index in [1.165, 1.54) is 5.56 Å². The summed E-state index contributed by atoms with van der Waals surface area (Å²) in [4.78, 5) is 14.5. The number of carbonyl (C=O) groups excluding carboxylic acids is 1. The summed E-state index contributed by atoms with van der Waals surface area (Å²) in [7, 11) is 0. The fraction of sp³-hybridized carbons (Fsp3) is 0.562. The van der Waals surface area contributed by atoms with Crippen LogP contribution in [0.2, 0.25) is 0 Å². The molecule has 1 unspecified atom stereocenters. The van der Waals surface area contributed by atoms with Crippen LogP contribution in [0.1, 0.15) is 24.8 Å². The fourth-order valence-corrected chi connectivity index (χ4v) is 3.30. The predicted octanol–water partition coefficient (Wildman–Crippen LogP) is 2.30. The number of nitrogens with zero attached hydrogens (tertiary/aromatic N) is 1. The van der Waals surface area contributed by atoms with Crippen molar-refractivity contribution < 1.29 is 4.79 Å². The van der Waals surface area contributed by atoms with Crippen LogP contribution in [-0.2, 0) is 11.2 Å². The summed E-state index contributed by atoms with van der Waals surface area (Å²) in [5, 5.41) is 0. The van der Waals surface area contributed by atoms with Crippen molar-refractivity contribution in [1.82, 2.24) is 4.90 Å². The van der Waals surface area contributed by atoms with Crippen LogP contribution in [0, 0.1) is 0 Å². The summed E-state index contributed by atoms with van der Waals surface area (Å²) in [5.74, 6) is 1.09. The second kappa shape index (κ2) is 7.70. The molecule has 2 rings (SSSR count). The van der Waals surface area contributed by atoms with Crippen molar-refractivity contribution >= 4 is 17.7 Å². The molecule has 3 nitrogen and oxygen atoms in total. The van der Waals surface area contributed by atoms with Crippen LogP contribution in [0.5, 0.6) is 0 Å². The van der Waals surface area contributed by atoms with Crippen LogP contribution in [0.3, 0.4) is 0 Å². The summed E-state index contributed by atoms with van der Waals surface area (Å²) >= 11 is 1.74. The molecule has 110 valence electrons. The third-order valence-corrected chi connectivity index (χ3v) is 4.57. The van der Waals surface area contributed by atoms with Gasteiger partial charge in [-0.3, -0.25) is 4.79 Å². The molecule has 1 heterocycles. The first-order valence-electron chi connectivity index (χ1n) is 7.31. The second-order valence-corrected chi connectivity index (χ2v) is 6.39. The van der Waals surface area contributed by atoms with Crippen molar-refractivity contribution in [2.24, 2.45) is 5.73 Å². The van der Waals surface area contributed by atoms with Gasteiger partial charge in [-0.25, -0.2) is 0 Å². The predicted molar refractivity (Wildman–Crippen MR) is 85.9 cm³/mol. The molecule has 2 N–H and O–H groups in total. The Hall–Kier alpha value is -1.00. The third-order valence-electron chi connectivity index (χ3n) is 3.92. The van der Waals surface area contributed by atoms with Gasteiger partial charge in [0.25, 0.3) is 0 Å². The van der Waals surface area contributed by atoms with Crippen molar-refractivity contribution in [3.63, 3.8) is 0 Å². The maximum Gasteiger partial charge on any atom is 0.239 e. The smallest absolute Gasteiger partial charge is 0.239 e. The van der Waals surface area contributed by atoms with Gasteiger partial charge < -0.3 is 10.6 Å². The summed E-state index contributed by atoms with van der Waals surface area (Å²) < 4.78 is 0. The van der Waals surface area contributed by atoms with Crippen LogP contribution in [0.4, 0.5) is 0 Å². The molecule has 20 heavy (non-hydrogen) atoms. The Labute approximate surface area is 125 Å². The van der Waals surface area contributed by atoms with Crippen molar-refractivity contribution in [3.8, 4) is 0 Å². The Morgan fingerprint density at radius 2 is 2.20 bits per heavy atom. The molecule has 2 atom stereocenters. The van der Waals surface area contributed by atoms with Gasteiger partial charge in [0.1, 0.15) is 0 Å². The molecule has 0 saturated carbocycles. The maximum atomic E-state index is 12.4. The summed E-state index contributed by atoms with van der Waals surface area (Å²) in [6, 6.07) is 10.4. The van der Waals surface area contributed by atoms with E-state index in [-0.39, 0.29) is 11.9 Å². The minimum atomic E-state index is -0.334. The minimum absolute atomic E-state index is 0.137. The largest absolute Gasteiger partial charge is 0.338 e. The van der Waals surface area contributed by atoms with E-state index in [0.717, 1.165) is 38.0 Å². The average molecular weight is 292 g/mol. The number of hydrogen-bond acceptors (Lipinski definition) is 3. The molecule has 0 bridgehead atoms. The van der Waals surface area contributed by atoms with E-state index in [1.54, 1.807) is 11.8 Å². The number of likely N-dealkylation sites (tertiary alicyclic amines) is 1. The van der Waals surface area contributed by atoms with E-state index < -0.39 is 0 Å². The first-order valence-corrected chi connectivity index (χ1v) is 8.70. The van der Waals surface area contributed by atoms with Crippen LogP contribution in [0.25, 0.3) is 0 Å². The number of amides is 1. The standard InChI is InChI=1S/C16H24N2OS/c1-20-11-9-15(17)16(19)18-10-5-8-14(18)12-13-6-3-2-4-7-13/h2-4,6-7,14-15H,5,8-12,17H2,1H3/t14?,15-/m0/s1. The number of rotatable bonds is 6. The topological polar surface area (TPSA) is 46.3 Å². The first-order chi connectivity index (χ1) is 9.72. The molecule has 1 amide bonds. The van der Waals surface area contributed by atoms with E-state index in [9.17, 15) is 4.79 Å². The highest BCUT2D eigenvalue weighted by atomic mass is 32.2. The Morgan fingerprint density at radius 1 is 1.45 bits per heavy atom. The van der Waals surface area contributed by atoms with Crippen molar-refractivity contribution in [2.75, 3.05) is 18.6 Å². The van der Waals surface area contributed by atoms with E-state index in [2.05, 4.69) is 24.3 Å². The number of hydrogen-bond donors (Lipinski definition) is 1. The zero-order chi connectivity index (χ0) is 14.4. The van der Waals surface area contributed by atoms with Crippen molar-refractivity contribution in [2.45, 2.75) is 37.8 Å².